The Bertz CT molecular complexity index is 1380. The number of aromatic nitrogens is 1. The molecule has 7 heteroatoms. The van der Waals surface area contributed by atoms with E-state index in [1.165, 1.54) is 11.3 Å². The van der Waals surface area contributed by atoms with Crippen molar-refractivity contribution in [1.29, 1.82) is 0 Å². The van der Waals surface area contributed by atoms with Crippen molar-refractivity contribution in [2.45, 2.75) is 26.8 Å². The molecular formula is C26H27N3O3S. The number of amides is 1. The lowest BCUT2D eigenvalue weighted by Gasteiger charge is -2.29. The molecule has 3 aromatic rings. The van der Waals surface area contributed by atoms with Crippen LogP contribution in [0.15, 0.2) is 75.7 Å². The summed E-state index contributed by atoms with van der Waals surface area (Å²) in [5, 5.41) is 0. The van der Waals surface area contributed by atoms with E-state index >= 15 is 0 Å². The zero-order valence-corrected chi connectivity index (χ0v) is 20.1. The Kier molecular flexibility index (Phi) is 6.60. The van der Waals surface area contributed by atoms with Crippen LogP contribution in [-0.2, 0) is 4.79 Å². The smallest absolute Gasteiger partial charge is 0.271 e. The molecule has 1 amide bonds. The van der Waals surface area contributed by atoms with Gasteiger partial charge in [-0.05, 0) is 38.5 Å². The summed E-state index contributed by atoms with van der Waals surface area (Å²) < 4.78 is 7.85. The fourth-order valence-electron chi connectivity index (χ4n) is 4.16. The first-order valence-electron chi connectivity index (χ1n) is 11.0. The standard InChI is InChI=1S/C26H27N3O3S/c1-5-28(6-2)25(31)22-17(3)27-26-29(23(22)19-14-10-11-15-20(19)32-4)24(30)21(33-26)16-18-12-8-7-9-13-18/h7-16,23H,5-6H2,1-4H3/b21-16+/t23-/m0/s1. The maximum Gasteiger partial charge on any atom is 0.271 e. The van der Waals surface area contributed by atoms with Crippen LogP contribution in [0, 0.1) is 0 Å². The van der Waals surface area contributed by atoms with Crippen LogP contribution in [-0.4, -0.2) is 35.6 Å². The molecule has 0 bridgehead atoms. The van der Waals surface area contributed by atoms with Crippen LogP contribution in [0.2, 0.25) is 0 Å². The van der Waals surface area contributed by atoms with E-state index in [1.807, 2.05) is 81.4 Å². The summed E-state index contributed by atoms with van der Waals surface area (Å²) in [5.74, 6) is 0.509. The molecule has 0 unspecified atom stereocenters. The molecule has 0 aliphatic carbocycles. The van der Waals surface area contributed by atoms with Crippen molar-refractivity contribution < 1.29 is 9.53 Å². The van der Waals surface area contributed by atoms with Gasteiger partial charge in [0.15, 0.2) is 4.80 Å². The van der Waals surface area contributed by atoms with E-state index in [1.54, 1.807) is 16.6 Å². The molecule has 0 saturated heterocycles. The van der Waals surface area contributed by atoms with E-state index in [0.29, 0.717) is 39.4 Å². The molecule has 0 spiro atoms. The second-order valence-electron chi connectivity index (χ2n) is 7.71. The largest absolute Gasteiger partial charge is 0.496 e. The molecule has 2 aromatic carbocycles. The topological polar surface area (TPSA) is 63.9 Å². The molecule has 1 aliphatic rings. The number of thiazole rings is 1. The van der Waals surface area contributed by atoms with Crippen LogP contribution >= 0.6 is 11.3 Å². The summed E-state index contributed by atoms with van der Waals surface area (Å²) >= 11 is 1.33. The number of carbonyl (C=O) groups excluding carboxylic acids is 1. The Balaban J connectivity index is 2.00. The highest BCUT2D eigenvalue weighted by atomic mass is 32.1. The van der Waals surface area contributed by atoms with Gasteiger partial charge >= 0.3 is 0 Å². The molecule has 0 saturated carbocycles. The predicted molar refractivity (Wildman–Crippen MR) is 131 cm³/mol. The first-order chi connectivity index (χ1) is 16.0. The fraction of sp³-hybridized carbons (Fsp3) is 0.269. The van der Waals surface area contributed by atoms with Crippen LogP contribution in [0.25, 0.3) is 6.08 Å². The summed E-state index contributed by atoms with van der Waals surface area (Å²) in [7, 11) is 1.60. The number of ether oxygens (including phenoxy) is 1. The first kappa shape index (κ1) is 22.7. The van der Waals surface area contributed by atoms with Crippen molar-refractivity contribution in [3.05, 3.63) is 96.7 Å². The van der Waals surface area contributed by atoms with E-state index in [2.05, 4.69) is 0 Å². The third kappa shape index (κ3) is 4.16. The summed E-state index contributed by atoms with van der Waals surface area (Å²) in [6.07, 6.45) is 1.87. The van der Waals surface area contributed by atoms with Gasteiger partial charge in [0.25, 0.3) is 11.5 Å². The number of hydrogen-bond acceptors (Lipinski definition) is 5. The van der Waals surface area contributed by atoms with Gasteiger partial charge in [0.2, 0.25) is 0 Å². The van der Waals surface area contributed by atoms with Gasteiger partial charge in [0, 0.05) is 18.7 Å². The number of hydrogen-bond donors (Lipinski definition) is 0. The Labute approximate surface area is 196 Å². The average Bonchev–Trinajstić information content (AvgIpc) is 3.13. The van der Waals surface area contributed by atoms with Gasteiger partial charge in [-0.1, -0.05) is 59.9 Å². The van der Waals surface area contributed by atoms with Crippen LogP contribution in [0.5, 0.6) is 5.75 Å². The van der Waals surface area contributed by atoms with Gasteiger partial charge in [-0.2, -0.15) is 0 Å². The highest BCUT2D eigenvalue weighted by molar-refractivity contribution is 7.07. The number of fused-ring (bicyclic) bond motifs is 1. The Hall–Kier alpha value is -3.45. The number of likely N-dealkylation sites (N-methyl/N-ethyl adjacent to an activating group) is 1. The Morgan fingerprint density at radius 3 is 2.45 bits per heavy atom. The van der Waals surface area contributed by atoms with Gasteiger partial charge in [0.1, 0.15) is 11.8 Å². The van der Waals surface area contributed by atoms with Gasteiger partial charge in [-0.15, -0.1) is 0 Å². The third-order valence-corrected chi connectivity index (χ3v) is 6.82. The normalized spacial score (nSPS) is 15.8. The van der Waals surface area contributed by atoms with Crippen molar-refractivity contribution in [2.75, 3.05) is 20.2 Å². The third-order valence-electron chi connectivity index (χ3n) is 5.83. The Morgan fingerprint density at radius 1 is 1.12 bits per heavy atom. The second-order valence-corrected chi connectivity index (χ2v) is 8.72. The van der Waals surface area contributed by atoms with E-state index < -0.39 is 6.04 Å². The number of carbonyl (C=O) groups is 1. The molecule has 33 heavy (non-hydrogen) atoms. The first-order valence-corrected chi connectivity index (χ1v) is 11.8. The minimum absolute atomic E-state index is 0.116. The minimum atomic E-state index is -0.622. The number of rotatable bonds is 6. The highest BCUT2D eigenvalue weighted by Crippen LogP contribution is 2.35. The van der Waals surface area contributed by atoms with E-state index in [4.69, 9.17) is 9.73 Å². The minimum Gasteiger partial charge on any atom is -0.496 e. The second kappa shape index (κ2) is 9.58. The maximum atomic E-state index is 13.7. The quantitative estimate of drug-likeness (QED) is 0.567. The number of nitrogens with zero attached hydrogens (tertiary/aromatic N) is 3. The molecule has 1 aromatic heterocycles. The molecular weight excluding hydrogens is 434 g/mol. The average molecular weight is 462 g/mol. The molecule has 0 radical (unpaired) electrons. The van der Waals surface area contributed by atoms with Crippen LogP contribution in [0.1, 0.15) is 37.9 Å². The number of methoxy groups -OCH3 is 1. The molecule has 1 atom stereocenters. The van der Waals surface area contributed by atoms with Crippen molar-refractivity contribution in [3.8, 4) is 5.75 Å². The van der Waals surface area contributed by atoms with Crippen LogP contribution in [0.4, 0.5) is 0 Å². The molecule has 170 valence electrons. The molecule has 0 fully saturated rings. The zero-order valence-electron chi connectivity index (χ0n) is 19.2. The zero-order chi connectivity index (χ0) is 23.5. The summed E-state index contributed by atoms with van der Waals surface area (Å²) in [4.78, 5) is 34.3. The summed E-state index contributed by atoms with van der Waals surface area (Å²) in [6, 6.07) is 16.6. The number of para-hydroxylation sites is 1. The lowest BCUT2D eigenvalue weighted by atomic mass is 9.94. The SMILES string of the molecule is CCN(CC)C(=O)C1=C(C)N=c2s/c(=C/c3ccccc3)c(=O)n2[C@H]1c1ccccc1OC. The summed E-state index contributed by atoms with van der Waals surface area (Å²) in [6.45, 7) is 6.88. The van der Waals surface area contributed by atoms with Crippen LogP contribution in [0.3, 0.4) is 0 Å². The van der Waals surface area contributed by atoms with Crippen molar-refractivity contribution in [2.24, 2.45) is 4.99 Å². The number of allylic oxidation sites excluding steroid dienone is 1. The van der Waals surface area contributed by atoms with Gasteiger partial charge in [0.05, 0.1) is 22.9 Å². The molecule has 6 nitrogen and oxygen atoms in total. The lowest BCUT2D eigenvalue weighted by Crippen LogP contribution is -2.43. The monoisotopic (exact) mass is 461 g/mol. The molecule has 4 rings (SSSR count). The van der Waals surface area contributed by atoms with Gasteiger partial charge < -0.3 is 9.64 Å². The van der Waals surface area contributed by atoms with Gasteiger partial charge in [-0.3, -0.25) is 14.2 Å². The predicted octanol–water partition coefficient (Wildman–Crippen LogP) is 3.11. The number of benzene rings is 2. The van der Waals surface area contributed by atoms with E-state index in [0.717, 1.165) is 11.1 Å². The Morgan fingerprint density at radius 2 is 1.79 bits per heavy atom. The molecule has 2 heterocycles. The lowest BCUT2D eigenvalue weighted by molar-refractivity contribution is -0.127. The maximum absolute atomic E-state index is 13.7. The van der Waals surface area contributed by atoms with E-state index in [-0.39, 0.29) is 11.5 Å². The van der Waals surface area contributed by atoms with Crippen molar-refractivity contribution in [1.82, 2.24) is 9.47 Å². The molecule has 0 N–H and O–H groups in total. The summed E-state index contributed by atoms with van der Waals surface area (Å²) in [5.41, 5.74) is 2.65. The fourth-order valence-corrected chi connectivity index (χ4v) is 5.21. The highest BCUT2D eigenvalue weighted by Gasteiger charge is 2.35. The van der Waals surface area contributed by atoms with Crippen molar-refractivity contribution >= 4 is 23.3 Å². The van der Waals surface area contributed by atoms with Crippen molar-refractivity contribution in [3.63, 3.8) is 0 Å². The van der Waals surface area contributed by atoms with Crippen LogP contribution < -0.4 is 19.6 Å². The molecule has 1 aliphatic heterocycles. The van der Waals surface area contributed by atoms with Gasteiger partial charge in [-0.25, -0.2) is 4.99 Å². The van der Waals surface area contributed by atoms with E-state index in [9.17, 15) is 9.59 Å².